The molecule has 226 valence electrons. The monoisotopic (exact) mass is 657 g/mol. The number of carboxylic acids is 1. The van der Waals surface area contributed by atoms with Crippen LogP contribution in [0.5, 0.6) is 5.75 Å². The topological polar surface area (TPSA) is 97.9 Å². The van der Waals surface area contributed by atoms with Gasteiger partial charge in [-0.1, -0.05) is 45.8 Å². The van der Waals surface area contributed by atoms with Crippen LogP contribution in [0.4, 0.5) is 22.7 Å². The van der Waals surface area contributed by atoms with Gasteiger partial charge in [-0.25, -0.2) is 14.2 Å². The number of anilines is 1. The molecule has 2 aromatic carbocycles. The summed E-state index contributed by atoms with van der Waals surface area (Å²) in [5.41, 5.74) is -0.739. The Morgan fingerprint density at radius 2 is 1.95 bits per heavy atom. The summed E-state index contributed by atoms with van der Waals surface area (Å²) in [5, 5.41) is 14.7. The van der Waals surface area contributed by atoms with Gasteiger partial charge < -0.3 is 24.0 Å². The molecular formula is C28H21Cl2F4N3O5S. The summed E-state index contributed by atoms with van der Waals surface area (Å²) in [4.78, 5) is 17.9. The summed E-state index contributed by atoms with van der Waals surface area (Å²) in [6.45, 7) is 0.565. The van der Waals surface area contributed by atoms with Gasteiger partial charge in [-0.3, -0.25) is 0 Å². The van der Waals surface area contributed by atoms with Crippen molar-refractivity contribution in [2.24, 2.45) is 5.92 Å². The zero-order chi connectivity index (χ0) is 30.3. The molecule has 2 aliphatic carbocycles. The molecule has 0 amide bonds. The third-order valence-electron chi connectivity index (χ3n) is 8.17. The fraction of sp³-hybridized carbons (Fsp3) is 0.393. The maximum atomic E-state index is 15.2. The van der Waals surface area contributed by atoms with Crippen molar-refractivity contribution in [1.82, 2.24) is 10.1 Å². The number of aromatic carboxylic acids is 1. The highest BCUT2D eigenvalue weighted by Crippen LogP contribution is 2.53. The summed E-state index contributed by atoms with van der Waals surface area (Å²) in [5.74, 6) is -1.83. The fourth-order valence-electron chi connectivity index (χ4n) is 6.02. The van der Waals surface area contributed by atoms with E-state index < -0.39 is 23.7 Å². The number of alkyl halides is 4. The molecule has 8 nitrogen and oxygen atoms in total. The van der Waals surface area contributed by atoms with Crippen molar-refractivity contribution in [1.29, 1.82) is 0 Å². The van der Waals surface area contributed by atoms with Gasteiger partial charge in [-0.05, 0) is 49.9 Å². The fourth-order valence-corrected chi connectivity index (χ4v) is 7.70. The Balaban J connectivity index is 1.11. The molecule has 0 radical (unpaired) electrons. The molecular weight excluding hydrogens is 637 g/mol. The summed E-state index contributed by atoms with van der Waals surface area (Å²) < 4.78 is 70.5. The van der Waals surface area contributed by atoms with Gasteiger partial charge in [0.25, 0.3) is 0 Å². The molecule has 1 saturated heterocycles. The van der Waals surface area contributed by atoms with Crippen LogP contribution in [0.1, 0.15) is 47.4 Å². The van der Waals surface area contributed by atoms with E-state index in [2.05, 4.69) is 14.9 Å². The minimum atomic E-state index is -5.01. The van der Waals surface area contributed by atoms with Crippen molar-refractivity contribution in [3.8, 4) is 17.0 Å². The van der Waals surface area contributed by atoms with Gasteiger partial charge in [0, 0.05) is 24.1 Å². The Morgan fingerprint density at radius 3 is 2.58 bits per heavy atom. The number of aromatic nitrogens is 2. The van der Waals surface area contributed by atoms with Crippen LogP contribution in [0.3, 0.4) is 0 Å². The first-order chi connectivity index (χ1) is 20.4. The summed E-state index contributed by atoms with van der Waals surface area (Å²) in [7, 11) is 0. The highest BCUT2D eigenvalue weighted by molar-refractivity contribution is 7.22. The maximum absolute atomic E-state index is 15.2. The van der Waals surface area contributed by atoms with E-state index in [0.717, 1.165) is 23.8 Å². The zero-order valence-electron chi connectivity index (χ0n) is 22.0. The average Bonchev–Trinajstić information content (AvgIpc) is 3.38. The largest absolute Gasteiger partial charge is 0.573 e. The first kappa shape index (κ1) is 28.6. The number of nitrogens with zero attached hydrogens (tertiary/aromatic N) is 3. The first-order valence-corrected chi connectivity index (χ1v) is 14.9. The molecule has 3 atom stereocenters. The van der Waals surface area contributed by atoms with Crippen molar-refractivity contribution in [2.45, 2.75) is 56.5 Å². The van der Waals surface area contributed by atoms with Gasteiger partial charge >= 0.3 is 12.3 Å². The molecule has 2 saturated carbocycles. The van der Waals surface area contributed by atoms with Crippen LogP contribution in [0.15, 0.2) is 34.9 Å². The third-order valence-corrected chi connectivity index (χ3v) is 9.84. The summed E-state index contributed by atoms with van der Waals surface area (Å²) >= 11 is 13.9. The number of benzene rings is 2. The Hall–Kier alpha value is -3.13. The molecule has 2 aromatic heterocycles. The van der Waals surface area contributed by atoms with Gasteiger partial charge in [0.2, 0.25) is 0 Å². The molecule has 3 heterocycles. The minimum absolute atomic E-state index is 0.00290. The Morgan fingerprint density at radius 1 is 1.21 bits per heavy atom. The maximum Gasteiger partial charge on any atom is 0.573 e. The lowest BCUT2D eigenvalue weighted by molar-refractivity contribution is -0.274. The molecule has 15 heteroatoms. The Labute approximate surface area is 255 Å². The quantitative estimate of drug-likeness (QED) is 0.190. The number of hydrogen-bond donors (Lipinski definition) is 1. The van der Waals surface area contributed by atoms with Crippen molar-refractivity contribution < 1.29 is 41.5 Å². The lowest BCUT2D eigenvalue weighted by Crippen LogP contribution is -2.38. The molecule has 0 spiro atoms. The second-order valence-electron chi connectivity index (χ2n) is 11.0. The molecule has 3 aliphatic rings. The third kappa shape index (κ3) is 5.19. The number of ether oxygens (including phenoxy) is 2. The van der Waals surface area contributed by atoms with Gasteiger partial charge in [0.15, 0.2) is 22.3 Å². The standard InChI is InChI=1S/C28H21Cl2F4N3O5S/c29-16-2-1-3-17(30)21(16)22-15(24(42-36-22)27(31)4-5-27)11-40-18-9-14-6-13(18)10-37(14)26-35-23-19(41-28(32,33)34)7-12(25(38)39)8-20(23)43-26/h1-3,7-8,13-14,18H,4-6,9-11H2,(H,38,39)/t13-,14-,18+/m0/s1. The number of thiazole rings is 1. The zero-order valence-corrected chi connectivity index (χ0v) is 24.3. The highest BCUT2D eigenvalue weighted by Gasteiger charge is 2.52. The van der Waals surface area contributed by atoms with E-state index in [9.17, 15) is 23.1 Å². The van der Waals surface area contributed by atoms with Gasteiger partial charge in [-0.2, -0.15) is 0 Å². The number of halogens is 6. The normalized spacial score (nSPS) is 22.5. The van der Waals surface area contributed by atoms with Gasteiger partial charge in [0.1, 0.15) is 11.2 Å². The van der Waals surface area contributed by atoms with Gasteiger partial charge in [0.05, 0.1) is 38.6 Å². The van der Waals surface area contributed by atoms with Crippen LogP contribution in [-0.2, 0) is 17.0 Å². The molecule has 0 unspecified atom stereocenters. The number of piperidine rings is 1. The molecule has 2 bridgehead atoms. The van der Waals surface area contributed by atoms with E-state index in [1.54, 1.807) is 18.2 Å². The van der Waals surface area contributed by atoms with Crippen LogP contribution < -0.4 is 9.64 Å². The van der Waals surface area contributed by atoms with Crippen LogP contribution in [-0.4, -0.2) is 46.3 Å². The second kappa shape index (κ2) is 10.2. The number of fused-ring (bicyclic) bond motifs is 3. The lowest BCUT2D eigenvalue weighted by Gasteiger charge is -2.31. The lowest BCUT2D eigenvalue weighted by atomic mass is 10.0. The van der Waals surface area contributed by atoms with Crippen LogP contribution in [0, 0.1) is 5.92 Å². The average molecular weight is 658 g/mol. The summed E-state index contributed by atoms with van der Waals surface area (Å²) in [6.07, 6.45) is -3.17. The second-order valence-corrected chi connectivity index (χ2v) is 12.8. The number of carboxylic acid groups (broad SMARTS) is 1. The van der Waals surface area contributed by atoms with E-state index in [4.69, 9.17) is 32.5 Å². The van der Waals surface area contributed by atoms with E-state index in [-0.39, 0.29) is 46.2 Å². The van der Waals surface area contributed by atoms with E-state index in [1.165, 1.54) is 6.07 Å². The Bertz CT molecular complexity index is 1740. The molecule has 1 N–H and O–H groups in total. The Kier molecular flexibility index (Phi) is 6.80. The van der Waals surface area contributed by atoms with E-state index in [1.807, 2.05) is 4.90 Å². The van der Waals surface area contributed by atoms with E-state index in [0.29, 0.717) is 57.8 Å². The number of carbonyl (C=O) groups is 1. The highest BCUT2D eigenvalue weighted by atomic mass is 35.5. The predicted molar refractivity (Wildman–Crippen MR) is 150 cm³/mol. The molecule has 3 fully saturated rings. The van der Waals surface area contributed by atoms with Crippen LogP contribution in [0.2, 0.25) is 10.0 Å². The minimum Gasteiger partial charge on any atom is -0.478 e. The first-order valence-electron chi connectivity index (χ1n) is 13.3. The van der Waals surface area contributed by atoms with Crippen LogP contribution >= 0.6 is 34.5 Å². The van der Waals surface area contributed by atoms with Crippen molar-refractivity contribution in [3.05, 3.63) is 57.3 Å². The predicted octanol–water partition coefficient (Wildman–Crippen LogP) is 8.00. The molecule has 7 rings (SSSR count). The molecule has 4 aromatic rings. The van der Waals surface area contributed by atoms with Crippen LogP contribution in [0.25, 0.3) is 21.5 Å². The smallest absolute Gasteiger partial charge is 0.478 e. The van der Waals surface area contributed by atoms with Crippen molar-refractivity contribution >= 4 is 55.9 Å². The summed E-state index contributed by atoms with van der Waals surface area (Å²) in [6, 6.07) is 7.14. The SMILES string of the molecule is O=C(O)c1cc(OC(F)(F)F)c2nc(N3C[C@@H]4C[C@H]3C[C@H]4OCc3c(-c4c(Cl)cccc4Cl)noc3C3(F)CC3)sc2c1. The van der Waals surface area contributed by atoms with Crippen molar-refractivity contribution in [3.63, 3.8) is 0 Å². The van der Waals surface area contributed by atoms with E-state index >= 15 is 4.39 Å². The molecule has 1 aliphatic heterocycles. The van der Waals surface area contributed by atoms with Gasteiger partial charge in [-0.15, -0.1) is 13.2 Å². The molecule has 43 heavy (non-hydrogen) atoms. The number of rotatable bonds is 8. The van der Waals surface area contributed by atoms with Crippen molar-refractivity contribution in [2.75, 3.05) is 11.4 Å². The number of hydrogen-bond acceptors (Lipinski definition) is 8.